The van der Waals surface area contributed by atoms with Crippen LogP contribution in [0.2, 0.25) is 0 Å². The highest BCUT2D eigenvalue weighted by Gasteiger charge is 2.26. The first-order chi connectivity index (χ1) is 17.7. The van der Waals surface area contributed by atoms with Crippen molar-refractivity contribution >= 4 is 44.9 Å². The van der Waals surface area contributed by atoms with Gasteiger partial charge < -0.3 is 24.5 Å². The number of urea groups is 1. The van der Waals surface area contributed by atoms with Gasteiger partial charge in [-0.1, -0.05) is 45.0 Å². The minimum atomic E-state index is -0.700. The predicted molar refractivity (Wildman–Crippen MR) is 145 cm³/mol. The lowest BCUT2D eigenvalue weighted by Crippen LogP contribution is -2.39. The molecule has 198 valence electrons. The zero-order chi connectivity index (χ0) is 26.6. The predicted octanol–water partition coefficient (Wildman–Crippen LogP) is 4.60. The highest BCUT2D eigenvalue weighted by Crippen LogP contribution is 2.33. The van der Waals surface area contributed by atoms with Crippen molar-refractivity contribution < 1.29 is 27.7 Å². The Kier molecular flexibility index (Phi) is 8.19. The van der Waals surface area contributed by atoms with E-state index in [0.717, 1.165) is 36.2 Å². The molecule has 3 aromatic rings. The van der Waals surface area contributed by atoms with Crippen LogP contribution in [0.15, 0.2) is 46.9 Å². The minimum absolute atomic E-state index is 0.0591. The fourth-order valence-electron chi connectivity index (χ4n) is 4.06. The first kappa shape index (κ1) is 26.7. The van der Waals surface area contributed by atoms with Gasteiger partial charge in [0, 0.05) is 64.2 Å². The molecule has 37 heavy (non-hydrogen) atoms. The number of esters is 1. The van der Waals surface area contributed by atoms with Crippen LogP contribution in [-0.4, -0.2) is 66.0 Å². The Labute approximate surface area is 218 Å². The Bertz CT molecular complexity index is 1300. The van der Waals surface area contributed by atoms with Gasteiger partial charge >= 0.3 is 12.0 Å². The molecule has 2 aromatic carbocycles. The number of amides is 2. The van der Waals surface area contributed by atoms with Crippen molar-refractivity contribution in [1.82, 2.24) is 4.90 Å². The van der Waals surface area contributed by atoms with E-state index >= 15 is 0 Å². The van der Waals surface area contributed by atoms with Gasteiger partial charge in [0.05, 0.1) is 18.5 Å². The fraction of sp³-hybridized carbons (Fsp3) is 0.407. The number of methoxy groups -OCH3 is 1. The van der Waals surface area contributed by atoms with E-state index in [9.17, 15) is 13.8 Å². The van der Waals surface area contributed by atoms with Crippen molar-refractivity contribution in [3.63, 3.8) is 0 Å². The van der Waals surface area contributed by atoms with Crippen LogP contribution in [0.3, 0.4) is 0 Å². The Hall–Kier alpha value is -3.37. The molecule has 4 rings (SSSR count). The van der Waals surface area contributed by atoms with Gasteiger partial charge in [-0.2, -0.15) is 0 Å². The highest BCUT2D eigenvalue weighted by atomic mass is 32.2. The Morgan fingerprint density at radius 2 is 1.70 bits per heavy atom. The van der Waals surface area contributed by atoms with E-state index < -0.39 is 22.8 Å². The molecular weight excluding hydrogens is 494 g/mol. The standard InChI is InChI=1S/C27H33N3O6S/c1-27(2,3)23-17-21(24(36-23)25(31)34-4)29-26(32)28-20-9-10-22(19-8-6-5-7-18(19)20)35-14-11-30-12-15-37(33)16-13-30/h5-10,17H,11-16H2,1-4H3,(H2,28,29,32). The summed E-state index contributed by atoms with van der Waals surface area (Å²) in [7, 11) is 0.560. The number of carbonyl (C=O) groups is 2. The van der Waals surface area contributed by atoms with Crippen molar-refractivity contribution in [2.45, 2.75) is 26.2 Å². The van der Waals surface area contributed by atoms with Gasteiger partial charge in [0.2, 0.25) is 5.76 Å². The lowest BCUT2D eigenvalue weighted by Gasteiger charge is -2.26. The maximum Gasteiger partial charge on any atom is 0.376 e. The summed E-state index contributed by atoms with van der Waals surface area (Å²) in [6.07, 6.45) is 0. The number of carbonyl (C=O) groups excluding carboxylic acids is 2. The molecular formula is C27H33N3O6S. The smallest absolute Gasteiger partial charge is 0.376 e. The Morgan fingerprint density at radius 3 is 2.38 bits per heavy atom. The molecule has 2 amide bonds. The maximum absolute atomic E-state index is 12.9. The number of ether oxygens (including phenoxy) is 2. The number of hydrogen-bond acceptors (Lipinski definition) is 7. The van der Waals surface area contributed by atoms with E-state index in [2.05, 4.69) is 15.5 Å². The van der Waals surface area contributed by atoms with Crippen LogP contribution in [0, 0.1) is 0 Å². The molecule has 2 N–H and O–H groups in total. The van der Waals surface area contributed by atoms with Crippen molar-refractivity contribution in [3.8, 4) is 5.75 Å². The Morgan fingerprint density at radius 1 is 1.03 bits per heavy atom. The van der Waals surface area contributed by atoms with E-state index in [1.165, 1.54) is 7.11 Å². The SMILES string of the molecule is COC(=O)c1oc(C(C)(C)C)cc1NC(=O)Nc1ccc(OCCN2CCS(=O)CC2)c2ccccc12. The summed E-state index contributed by atoms with van der Waals surface area (Å²) in [6, 6.07) is 12.4. The summed E-state index contributed by atoms with van der Waals surface area (Å²) in [5.41, 5.74) is 0.469. The van der Waals surface area contributed by atoms with Gasteiger partial charge in [0.1, 0.15) is 18.1 Å². The van der Waals surface area contributed by atoms with Crippen LogP contribution in [0.1, 0.15) is 37.1 Å². The molecule has 9 nitrogen and oxygen atoms in total. The summed E-state index contributed by atoms with van der Waals surface area (Å²) in [6.45, 7) is 8.75. The number of benzene rings is 2. The number of rotatable bonds is 7. The zero-order valence-electron chi connectivity index (χ0n) is 21.6. The summed E-state index contributed by atoms with van der Waals surface area (Å²) < 4.78 is 28.2. The van der Waals surface area contributed by atoms with Crippen LogP contribution in [0.5, 0.6) is 5.75 Å². The molecule has 1 fully saturated rings. The lowest BCUT2D eigenvalue weighted by molar-refractivity contribution is 0.0563. The number of furan rings is 1. The summed E-state index contributed by atoms with van der Waals surface area (Å²) in [5, 5.41) is 7.27. The topological polar surface area (TPSA) is 110 Å². The number of nitrogens with one attached hydrogen (secondary N) is 2. The minimum Gasteiger partial charge on any atom is -0.492 e. The van der Waals surface area contributed by atoms with E-state index in [0.29, 0.717) is 29.6 Å². The van der Waals surface area contributed by atoms with Crippen LogP contribution >= 0.6 is 0 Å². The van der Waals surface area contributed by atoms with E-state index in [4.69, 9.17) is 13.9 Å². The maximum atomic E-state index is 12.9. The molecule has 0 spiro atoms. The van der Waals surface area contributed by atoms with Gasteiger partial charge in [-0.3, -0.25) is 9.11 Å². The van der Waals surface area contributed by atoms with Crippen molar-refractivity contribution in [1.29, 1.82) is 0 Å². The molecule has 1 aliphatic heterocycles. The van der Waals surface area contributed by atoms with Gasteiger partial charge in [-0.15, -0.1) is 0 Å². The van der Waals surface area contributed by atoms with Crippen LogP contribution in [0.25, 0.3) is 10.8 Å². The quantitative estimate of drug-likeness (QED) is 0.432. The van der Waals surface area contributed by atoms with Crippen molar-refractivity contribution in [2.24, 2.45) is 0 Å². The van der Waals surface area contributed by atoms with E-state index in [1.54, 1.807) is 12.1 Å². The zero-order valence-corrected chi connectivity index (χ0v) is 22.4. The summed E-state index contributed by atoms with van der Waals surface area (Å²) >= 11 is 0. The molecule has 0 atom stereocenters. The first-order valence-corrected chi connectivity index (χ1v) is 13.7. The molecule has 2 heterocycles. The Balaban J connectivity index is 1.47. The van der Waals surface area contributed by atoms with Gasteiger partial charge in [-0.25, -0.2) is 9.59 Å². The van der Waals surface area contributed by atoms with Gasteiger partial charge in [-0.05, 0) is 12.1 Å². The molecule has 0 unspecified atom stereocenters. The normalized spacial score (nSPS) is 14.9. The molecule has 0 aliphatic carbocycles. The second-order valence-corrected chi connectivity index (χ2v) is 11.6. The third-order valence-electron chi connectivity index (χ3n) is 6.16. The highest BCUT2D eigenvalue weighted by molar-refractivity contribution is 7.85. The molecule has 0 bridgehead atoms. The average Bonchev–Trinajstić information content (AvgIpc) is 3.30. The number of fused-ring (bicyclic) bond motifs is 1. The number of nitrogens with zero attached hydrogens (tertiary/aromatic N) is 1. The second kappa shape index (κ2) is 11.4. The van der Waals surface area contributed by atoms with Gasteiger partial charge in [0.25, 0.3) is 0 Å². The largest absolute Gasteiger partial charge is 0.492 e. The lowest BCUT2D eigenvalue weighted by atomic mass is 9.93. The molecule has 0 radical (unpaired) electrons. The van der Waals surface area contributed by atoms with E-state index in [1.807, 2.05) is 51.1 Å². The number of anilines is 2. The van der Waals surface area contributed by atoms with Crippen LogP contribution in [0.4, 0.5) is 16.2 Å². The first-order valence-electron chi connectivity index (χ1n) is 12.2. The van der Waals surface area contributed by atoms with Crippen molar-refractivity contribution in [3.05, 3.63) is 54.0 Å². The van der Waals surface area contributed by atoms with Gasteiger partial charge in [0.15, 0.2) is 0 Å². The third-order valence-corrected chi connectivity index (χ3v) is 7.43. The molecule has 10 heteroatoms. The monoisotopic (exact) mass is 527 g/mol. The molecule has 1 aromatic heterocycles. The average molecular weight is 528 g/mol. The van der Waals surface area contributed by atoms with E-state index in [-0.39, 0.29) is 16.9 Å². The number of hydrogen-bond donors (Lipinski definition) is 2. The van der Waals surface area contributed by atoms with Crippen LogP contribution < -0.4 is 15.4 Å². The second-order valence-electron chi connectivity index (χ2n) is 9.87. The summed E-state index contributed by atoms with van der Waals surface area (Å²) in [4.78, 5) is 27.4. The molecule has 1 aliphatic rings. The fourth-order valence-corrected chi connectivity index (χ4v) is 5.19. The molecule has 0 saturated carbocycles. The third kappa shape index (κ3) is 6.50. The van der Waals surface area contributed by atoms with Crippen LogP contribution in [-0.2, 0) is 21.0 Å². The molecule has 1 saturated heterocycles. The van der Waals surface area contributed by atoms with Crippen molar-refractivity contribution in [2.75, 3.05) is 55.5 Å². The summed E-state index contributed by atoms with van der Waals surface area (Å²) in [5.74, 6) is 1.96.